The van der Waals surface area contributed by atoms with Gasteiger partial charge in [0.15, 0.2) is 0 Å². The van der Waals surface area contributed by atoms with Gasteiger partial charge in [0.25, 0.3) is 5.91 Å². The highest BCUT2D eigenvalue weighted by Gasteiger charge is 2.33. The molecule has 1 amide bonds. The maximum absolute atomic E-state index is 12.8. The molecule has 2 fully saturated rings. The first-order valence-electron chi connectivity index (χ1n) is 10.6. The summed E-state index contributed by atoms with van der Waals surface area (Å²) in [5.74, 6) is 1.60. The number of piperazine rings is 1. The highest BCUT2D eigenvalue weighted by Crippen LogP contribution is 2.32. The van der Waals surface area contributed by atoms with Gasteiger partial charge in [0.2, 0.25) is 0 Å². The molecule has 1 heterocycles. The Bertz CT molecular complexity index is 776. The second kappa shape index (κ2) is 8.78. The molecule has 148 valence electrons. The number of quaternary nitrogens is 1. The molecule has 2 aromatic carbocycles. The fourth-order valence-electron chi connectivity index (χ4n) is 4.90. The number of hydrogen-bond acceptors (Lipinski definition) is 2. The molecule has 4 nitrogen and oxygen atoms in total. The smallest absolute Gasteiger partial charge is 0.254 e. The van der Waals surface area contributed by atoms with E-state index in [1.807, 2.05) is 29.2 Å². The van der Waals surface area contributed by atoms with Crippen molar-refractivity contribution >= 4 is 5.91 Å². The van der Waals surface area contributed by atoms with Crippen molar-refractivity contribution in [3.05, 3.63) is 65.7 Å². The molecule has 0 bridgehead atoms. The van der Waals surface area contributed by atoms with Gasteiger partial charge in [-0.05, 0) is 55.4 Å². The third-order valence-corrected chi connectivity index (χ3v) is 6.59. The molecule has 0 spiro atoms. The number of carbonyl (C=O) groups excluding carboxylic acids is 1. The lowest BCUT2D eigenvalue weighted by Crippen LogP contribution is -3.18. The lowest BCUT2D eigenvalue weighted by molar-refractivity contribution is -0.930. The number of ether oxygens (including phenoxy) is 1. The zero-order valence-electron chi connectivity index (χ0n) is 16.8. The van der Waals surface area contributed by atoms with Crippen molar-refractivity contribution in [2.45, 2.75) is 37.6 Å². The normalized spacial score (nSPS) is 23.4. The van der Waals surface area contributed by atoms with Crippen molar-refractivity contribution in [3.8, 4) is 5.75 Å². The summed E-state index contributed by atoms with van der Waals surface area (Å²) in [6.45, 7) is 3.83. The summed E-state index contributed by atoms with van der Waals surface area (Å²) in [7, 11) is 1.64. The maximum Gasteiger partial charge on any atom is 0.254 e. The first-order valence-corrected chi connectivity index (χ1v) is 10.6. The van der Waals surface area contributed by atoms with E-state index in [1.165, 1.54) is 31.2 Å². The minimum Gasteiger partial charge on any atom is -0.497 e. The average molecular weight is 380 g/mol. The van der Waals surface area contributed by atoms with Crippen LogP contribution in [0.4, 0.5) is 0 Å². The molecular formula is C24H31N2O2+. The minimum absolute atomic E-state index is 0.130. The Morgan fingerprint density at radius 1 is 0.964 bits per heavy atom. The second-order valence-corrected chi connectivity index (χ2v) is 8.14. The zero-order valence-corrected chi connectivity index (χ0v) is 16.8. The van der Waals surface area contributed by atoms with Gasteiger partial charge in [-0.1, -0.05) is 36.4 Å². The molecule has 0 unspecified atom stereocenters. The van der Waals surface area contributed by atoms with Gasteiger partial charge < -0.3 is 14.5 Å². The lowest BCUT2D eigenvalue weighted by atomic mass is 9.81. The zero-order chi connectivity index (χ0) is 19.3. The molecular weight excluding hydrogens is 348 g/mol. The molecule has 0 atom stereocenters. The van der Waals surface area contributed by atoms with Crippen LogP contribution in [0.25, 0.3) is 0 Å². The van der Waals surface area contributed by atoms with Gasteiger partial charge in [-0.15, -0.1) is 0 Å². The molecule has 4 heteroatoms. The van der Waals surface area contributed by atoms with E-state index in [9.17, 15) is 4.79 Å². The molecule has 1 aliphatic heterocycles. The van der Waals surface area contributed by atoms with E-state index in [0.717, 1.165) is 49.5 Å². The Hall–Kier alpha value is -2.33. The van der Waals surface area contributed by atoms with Crippen LogP contribution in [-0.2, 0) is 0 Å². The molecule has 4 rings (SSSR count). The van der Waals surface area contributed by atoms with Crippen molar-refractivity contribution in [1.29, 1.82) is 0 Å². The minimum atomic E-state index is 0.130. The number of benzene rings is 2. The van der Waals surface area contributed by atoms with Gasteiger partial charge in [-0.2, -0.15) is 0 Å². The standard InChI is InChI=1S/C24H30N2O2/c1-28-23-9-5-8-21(18-23)24(27)26-16-14-25(15-17-26)22-12-10-20(11-13-22)19-6-3-2-4-7-19/h2-9,18,20,22H,10-17H2,1H3/p+1. The van der Waals surface area contributed by atoms with Crippen molar-refractivity contribution in [3.63, 3.8) is 0 Å². The van der Waals surface area contributed by atoms with Gasteiger partial charge >= 0.3 is 0 Å². The number of nitrogens with one attached hydrogen (secondary N) is 1. The second-order valence-electron chi connectivity index (χ2n) is 8.14. The molecule has 28 heavy (non-hydrogen) atoms. The lowest BCUT2D eigenvalue weighted by Gasteiger charge is -2.39. The maximum atomic E-state index is 12.8. The monoisotopic (exact) mass is 379 g/mol. The van der Waals surface area contributed by atoms with E-state index in [1.54, 1.807) is 12.0 Å². The van der Waals surface area contributed by atoms with Crippen LogP contribution in [0.2, 0.25) is 0 Å². The summed E-state index contributed by atoms with van der Waals surface area (Å²) in [6.07, 6.45) is 5.20. The number of hydrogen-bond donors (Lipinski definition) is 1. The molecule has 0 radical (unpaired) electrons. The molecule has 1 saturated carbocycles. The number of amides is 1. The summed E-state index contributed by atoms with van der Waals surface area (Å²) in [5.41, 5.74) is 2.23. The summed E-state index contributed by atoms with van der Waals surface area (Å²) >= 11 is 0. The van der Waals surface area contributed by atoms with Crippen molar-refractivity contribution in [2.75, 3.05) is 33.3 Å². The molecule has 1 aliphatic carbocycles. The average Bonchev–Trinajstić information content (AvgIpc) is 2.79. The largest absolute Gasteiger partial charge is 0.497 e. The van der Waals surface area contributed by atoms with E-state index in [4.69, 9.17) is 4.74 Å². The topological polar surface area (TPSA) is 34.0 Å². The van der Waals surface area contributed by atoms with Crippen molar-refractivity contribution in [1.82, 2.24) is 4.90 Å². The highest BCUT2D eigenvalue weighted by atomic mass is 16.5. The highest BCUT2D eigenvalue weighted by molar-refractivity contribution is 5.94. The van der Waals surface area contributed by atoms with Crippen molar-refractivity contribution < 1.29 is 14.4 Å². The Kier molecular flexibility index (Phi) is 5.96. The van der Waals surface area contributed by atoms with Gasteiger partial charge in [0.1, 0.15) is 5.75 Å². The summed E-state index contributed by atoms with van der Waals surface area (Å²) in [4.78, 5) is 16.5. The third-order valence-electron chi connectivity index (χ3n) is 6.59. The summed E-state index contributed by atoms with van der Waals surface area (Å²) in [5, 5.41) is 0. The number of methoxy groups -OCH3 is 1. The SMILES string of the molecule is COc1cccc(C(=O)N2CC[NH+](C3CCC(c4ccccc4)CC3)CC2)c1. The number of nitrogens with zero attached hydrogens (tertiary/aromatic N) is 1. The fraction of sp³-hybridized carbons (Fsp3) is 0.458. The van der Waals surface area contributed by atoms with E-state index in [0.29, 0.717) is 0 Å². The van der Waals surface area contributed by atoms with Crippen LogP contribution < -0.4 is 9.64 Å². The van der Waals surface area contributed by atoms with Gasteiger partial charge in [-0.25, -0.2) is 0 Å². The van der Waals surface area contributed by atoms with Crippen LogP contribution in [0, 0.1) is 0 Å². The number of carbonyl (C=O) groups is 1. The quantitative estimate of drug-likeness (QED) is 0.886. The Morgan fingerprint density at radius 2 is 1.68 bits per heavy atom. The van der Waals surface area contributed by atoms with Gasteiger partial charge in [0.05, 0.1) is 39.3 Å². The Labute approximate surface area is 168 Å². The third kappa shape index (κ3) is 4.22. The molecule has 2 aromatic rings. The first-order chi connectivity index (χ1) is 13.7. The molecule has 0 aromatic heterocycles. The van der Waals surface area contributed by atoms with Crippen LogP contribution in [0.5, 0.6) is 5.75 Å². The number of rotatable bonds is 4. The van der Waals surface area contributed by atoms with Crippen LogP contribution in [0.1, 0.15) is 47.5 Å². The van der Waals surface area contributed by atoms with Gasteiger partial charge in [0, 0.05) is 5.56 Å². The summed E-state index contributed by atoms with van der Waals surface area (Å²) < 4.78 is 5.25. The Balaban J connectivity index is 1.28. The van der Waals surface area contributed by atoms with Crippen LogP contribution in [-0.4, -0.2) is 50.1 Å². The van der Waals surface area contributed by atoms with Crippen LogP contribution in [0.3, 0.4) is 0 Å². The predicted molar refractivity (Wildman–Crippen MR) is 111 cm³/mol. The molecule has 1 N–H and O–H groups in total. The van der Waals surface area contributed by atoms with E-state index in [2.05, 4.69) is 30.3 Å². The van der Waals surface area contributed by atoms with E-state index >= 15 is 0 Å². The first kappa shape index (κ1) is 19.0. The van der Waals surface area contributed by atoms with Gasteiger partial charge in [-0.3, -0.25) is 4.79 Å². The predicted octanol–water partition coefficient (Wildman–Crippen LogP) is 2.76. The van der Waals surface area contributed by atoms with Crippen LogP contribution in [0.15, 0.2) is 54.6 Å². The van der Waals surface area contributed by atoms with Crippen LogP contribution >= 0.6 is 0 Å². The fourth-order valence-corrected chi connectivity index (χ4v) is 4.90. The Morgan fingerprint density at radius 3 is 2.36 bits per heavy atom. The van der Waals surface area contributed by atoms with E-state index in [-0.39, 0.29) is 5.91 Å². The molecule has 2 aliphatic rings. The van der Waals surface area contributed by atoms with Crippen molar-refractivity contribution in [2.24, 2.45) is 0 Å². The summed E-state index contributed by atoms with van der Waals surface area (Å²) in [6, 6.07) is 19.2. The molecule has 1 saturated heterocycles. The van der Waals surface area contributed by atoms with E-state index < -0.39 is 0 Å².